The highest BCUT2D eigenvalue weighted by Gasteiger charge is 2.33. The number of hydrogen-bond acceptors (Lipinski definition) is 7. The molecule has 10 nitrogen and oxygen atoms in total. The molecule has 10 heteroatoms. The number of ether oxygens (including phenoxy) is 2. The van der Waals surface area contributed by atoms with Crippen molar-refractivity contribution in [2.45, 2.75) is 57.5 Å². The molecule has 1 amide bonds. The Kier molecular flexibility index (Phi) is 9.37. The molecule has 242 valence electrons. The van der Waals surface area contributed by atoms with Gasteiger partial charge < -0.3 is 29.0 Å². The van der Waals surface area contributed by atoms with Crippen molar-refractivity contribution in [3.05, 3.63) is 102 Å². The molecular formula is C37H36N2O8. The number of carbonyl (C=O) groups excluding carboxylic acids is 1. The maximum atomic E-state index is 14.1. The molecule has 0 saturated heterocycles. The number of para-hydroxylation sites is 2. The van der Waals surface area contributed by atoms with Gasteiger partial charge in [0.05, 0.1) is 12.3 Å². The van der Waals surface area contributed by atoms with E-state index in [9.17, 15) is 24.6 Å². The van der Waals surface area contributed by atoms with Crippen LogP contribution in [-0.4, -0.2) is 50.8 Å². The van der Waals surface area contributed by atoms with Gasteiger partial charge in [0.25, 0.3) is 0 Å². The quantitative estimate of drug-likeness (QED) is 0.135. The van der Waals surface area contributed by atoms with E-state index in [-0.39, 0.29) is 19.3 Å². The predicted molar refractivity (Wildman–Crippen MR) is 174 cm³/mol. The number of carboxylic acids is 2. The van der Waals surface area contributed by atoms with Crippen molar-refractivity contribution in [1.82, 2.24) is 9.88 Å². The lowest BCUT2D eigenvalue weighted by atomic mass is 9.85. The number of aliphatic carboxylic acids is 2. The van der Waals surface area contributed by atoms with Gasteiger partial charge in [0, 0.05) is 31.3 Å². The van der Waals surface area contributed by atoms with Gasteiger partial charge in [-0.3, -0.25) is 14.4 Å². The van der Waals surface area contributed by atoms with Gasteiger partial charge in [0.2, 0.25) is 12.7 Å². The van der Waals surface area contributed by atoms with Crippen LogP contribution in [0.2, 0.25) is 0 Å². The van der Waals surface area contributed by atoms with Crippen LogP contribution in [-0.2, 0) is 27.3 Å². The van der Waals surface area contributed by atoms with Crippen molar-refractivity contribution in [3.8, 4) is 11.5 Å². The second kappa shape index (κ2) is 13.9. The van der Waals surface area contributed by atoms with E-state index < -0.39 is 42.6 Å². The Hall–Kier alpha value is -5.38. The molecule has 0 spiro atoms. The first-order valence-corrected chi connectivity index (χ1v) is 15.7. The number of hydrogen-bond donors (Lipinski definition) is 2. The largest absolute Gasteiger partial charge is 0.481 e. The molecule has 0 fully saturated rings. The van der Waals surface area contributed by atoms with Gasteiger partial charge in [0.1, 0.15) is 5.52 Å². The number of oxazole rings is 1. The van der Waals surface area contributed by atoms with Gasteiger partial charge in [-0.25, -0.2) is 4.98 Å². The fourth-order valence-electron chi connectivity index (χ4n) is 6.33. The molecule has 0 saturated carbocycles. The van der Waals surface area contributed by atoms with E-state index in [2.05, 4.69) is 4.98 Å². The van der Waals surface area contributed by atoms with Crippen molar-refractivity contribution in [2.24, 2.45) is 5.92 Å². The van der Waals surface area contributed by atoms with Crippen LogP contribution in [0.15, 0.2) is 89.3 Å². The number of benzene rings is 4. The van der Waals surface area contributed by atoms with E-state index >= 15 is 0 Å². The fourth-order valence-corrected chi connectivity index (χ4v) is 6.33. The fraction of sp³-hybridized carbons (Fsp3) is 0.297. The minimum absolute atomic E-state index is 0.128. The number of carbonyl (C=O) groups is 3. The zero-order valence-electron chi connectivity index (χ0n) is 26.0. The summed E-state index contributed by atoms with van der Waals surface area (Å²) in [7, 11) is 0. The van der Waals surface area contributed by atoms with Gasteiger partial charge in [-0.15, -0.1) is 0 Å². The van der Waals surface area contributed by atoms with Gasteiger partial charge in [-0.2, -0.15) is 0 Å². The Bertz CT molecular complexity index is 1880. The monoisotopic (exact) mass is 636 g/mol. The molecule has 2 unspecified atom stereocenters. The van der Waals surface area contributed by atoms with Gasteiger partial charge in [-0.1, -0.05) is 54.6 Å². The second-order valence-corrected chi connectivity index (χ2v) is 12.0. The molecule has 0 bridgehead atoms. The second-order valence-electron chi connectivity index (χ2n) is 12.0. The van der Waals surface area contributed by atoms with Crippen LogP contribution in [0.4, 0.5) is 0 Å². The highest BCUT2D eigenvalue weighted by molar-refractivity contribution is 5.86. The van der Waals surface area contributed by atoms with Crippen LogP contribution in [0.5, 0.6) is 11.5 Å². The third-order valence-electron chi connectivity index (χ3n) is 8.82. The Morgan fingerprint density at radius 2 is 1.64 bits per heavy atom. The van der Waals surface area contributed by atoms with Crippen LogP contribution >= 0.6 is 0 Å². The van der Waals surface area contributed by atoms with E-state index in [1.54, 1.807) is 4.90 Å². The Morgan fingerprint density at radius 3 is 2.43 bits per heavy atom. The van der Waals surface area contributed by atoms with E-state index in [4.69, 9.17) is 13.9 Å². The van der Waals surface area contributed by atoms with Gasteiger partial charge in [-0.05, 0) is 72.0 Å². The third-order valence-corrected chi connectivity index (χ3v) is 8.82. The lowest BCUT2D eigenvalue weighted by Crippen LogP contribution is -2.43. The van der Waals surface area contributed by atoms with E-state index in [0.717, 1.165) is 33.0 Å². The Labute approximate surface area is 271 Å². The molecule has 6 rings (SSSR count). The molecule has 2 heterocycles. The normalized spacial score (nSPS) is 14.1. The first-order chi connectivity index (χ1) is 22.7. The average Bonchev–Trinajstić information content (AvgIpc) is 3.71. The summed E-state index contributed by atoms with van der Waals surface area (Å²) in [4.78, 5) is 43.8. The lowest BCUT2D eigenvalue weighted by molar-refractivity contribution is -0.151. The van der Waals surface area contributed by atoms with Gasteiger partial charge in [0.15, 0.2) is 23.0 Å². The van der Waals surface area contributed by atoms with Crippen LogP contribution in [0.25, 0.3) is 21.9 Å². The number of amides is 1. The maximum absolute atomic E-state index is 14.1. The smallest absolute Gasteiger partial charge is 0.307 e. The zero-order chi connectivity index (χ0) is 32.9. The van der Waals surface area contributed by atoms with Gasteiger partial charge >= 0.3 is 11.9 Å². The summed E-state index contributed by atoms with van der Waals surface area (Å²) >= 11 is 0. The molecule has 1 aromatic heterocycles. The molecule has 5 aromatic rings. The molecule has 4 aromatic carbocycles. The average molecular weight is 637 g/mol. The third kappa shape index (κ3) is 7.38. The van der Waals surface area contributed by atoms with E-state index in [1.165, 1.54) is 0 Å². The SMILES string of the molecule is CC(C(CCCc1nc2ccccc2o1)c1ccc2c(c1)OCO2)N(Cc1ccc2ccccc2c1)C(=O)C[C@H](CC(=O)O)C(=O)O. The first kappa shape index (κ1) is 31.6. The molecule has 1 aliphatic rings. The lowest BCUT2D eigenvalue weighted by Gasteiger charge is -2.36. The van der Waals surface area contributed by atoms with E-state index in [1.807, 2.05) is 91.9 Å². The minimum atomic E-state index is -1.35. The number of fused-ring (bicyclic) bond motifs is 3. The molecule has 0 aliphatic carbocycles. The van der Waals surface area contributed by atoms with Crippen molar-refractivity contribution in [1.29, 1.82) is 0 Å². The van der Waals surface area contributed by atoms with Crippen molar-refractivity contribution >= 4 is 39.7 Å². The summed E-state index contributed by atoms with van der Waals surface area (Å²) in [5.41, 5.74) is 3.34. The molecule has 47 heavy (non-hydrogen) atoms. The van der Waals surface area contributed by atoms with Crippen LogP contribution in [0.3, 0.4) is 0 Å². The van der Waals surface area contributed by atoms with Crippen molar-refractivity contribution < 1.29 is 38.5 Å². The highest BCUT2D eigenvalue weighted by atomic mass is 16.7. The van der Waals surface area contributed by atoms with Crippen LogP contribution < -0.4 is 9.47 Å². The first-order valence-electron chi connectivity index (χ1n) is 15.7. The predicted octanol–water partition coefficient (Wildman–Crippen LogP) is 6.80. The number of aryl methyl sites for hydroxylation is 1. The number of carboxylic acid groups (broad SMARTS) is 2. The van der Waals surface area contributed by atoms with Crippen molar-refractivity contribution in [2.75, 3.05) is 6.79 Å². The standard InChI is InChI=1S/C37H36N2O8/c1-23(39(35(40)19-28(37(43)44)20-36(41)42)21-24-13-14-25-7-2-3-8-26(25)17-24)29(27-15-16-32-33(18-27)46-22-45-32)9-6-12-34-38-30-10-4-5-11-31(30)47-34/h2-5,7-8,10-11,13-18,23,28-29H,6,9,12,19-22H2,1H3,(H,41,42)(H,43,44)/t23?,28-,29?/m1/s1. The number of rotatable bonds is 14. The van der Waals surface area contributed by atoms with Crippen LogP contribution in [0, 0.1) is 5.92 Å². The van der Waals surface area contributed by atoms with Crippen LogP contribution in [0.1, 0.15) is 55.5 Å². The summed E-state index contributed by atoms with van der Waals surface area (Å²) in [6.45, 7) is 2.31. The molecular weight excluding hydrogens is 600 g/mol. The molecule has 0 radical (unpaired) electrons. The molecule has 3 atom stereocenters. The van der Waals surface area contributed by atoms with E-state index in [0.29, 0.717) is 36.7 Å². The summed E-state index contributed by atoms with van der Waals surface area (Å²) in [5.74, 6) is -2.65. The summed E-state index contributed by atoms with van der Waals surface area (Å²) < 4.78 is 17.2. The molecule has 2 N–H and O–H groups in total. The summed E-state index contributed by atoms with van der Waals surface area (Å²) in [6.07, 6.45) is 0.857. The topological polar surface area (TPSA) is 139 Å². The minimum Gasteiger partial charge on any atom is -0.481 e. The highest BCUT2D eigenvalue weighted by Crippen LogP contribution is 2.38. The molecule has 1 aliphatic heterocycles. The summed E-state index contributed by atoms with van der Waals surface area (Å²) in [5, 5.41) is 21.2. The zero-order valence-corrected chi connectivity index (χ0v) is 26.0. The summed E-state index contributed by atoms with van der Waals surface area (Å²) in [6, 6.07) is 26.9. The maximum Gasteiger partial charge on any atom is 0.307 e. The Balaban J connectivity index is 1.31. The van der Waals surface area contributed by atoms with Crippen molar-refractivity contribution in [3.63, 3.8) is 0 Å². The Morgan fingerprint density at radius 1 is 0.872 bits per heavy atom. The number of aromatic nitrogens is 1. The number of nitrogens with zero attached hydrogens (tertiary/aromatic N) is 2.